The molecule has 2 aromatic rings. The van der Waals surface area contributed by atoms with Crippen LogP contribution in [0.15, 0.2) is 11.0 Å². The van der Waals surface area contributed by atoms with Crippen molar-refractivity contribution in [1.29, 1.82) is 5.26 Å². The molecule has 0 saturated heterocycles. The maximum absolute atomic E-state index is 11.7. The monoisotopic (exact) mass is 189 g/mol. The highest BCUT2D eigenvalue weighted by Gasteiger charge is 2.11. The molecule has 0 aromatic carbocycles. The van der Waals surface area contributed by atoms with Gasteiger partial charge >= 0.3 is 0 Å². The molecule has 6 heteroatoms. The van der Waals surface area contributed by atoms with Crippen molar-refractivity contribution in [2.75, 3.05) is 5.73 Å². The van der Waals surface area contributed by atoms with Crippen LogP contribution in [0.2, 0.25) is 0 Å². The number of hydrogen-bond donors (Lipinski definition) is 2. The van der Waals surface area contributed by atoms with Gasteiger partial charge in [0.15, 0.2) is 0 Å². The Balaban J connectivity index is 3.05. The molecule has 0 radical (unpaired) electrons. The van der Waals surface area contributed by atoms with Crippen LogP contribution in [0, 0.1) is 11.3 Å². The highest BCUT2D eigenvalue weighted by atomic mass is 16.1. The number of nitrogen functional groups attached to an aromatic ring is 1. The normalized spacial score (nSPS) is 10.3. The summed E-state index contributed by atoms with van der Waals surface area (Å²) in [5.41, 5.74) is 5.81. The van der Waals surface area contributed by atoms with Gasteiger partial charge in [-0.05, 0) is 0 Å². The number of nitrogens with zero attached hydrogens (tertiary/aromatic N) is 3. The molecule has 6 nitrogen and oxygen atoms in total. The second-order valence-electron chi connectivity index (χ2n) is 2.87. The van der Waals surface area contributed by atoms with Gasteiger partial charge in [0.1, 0.15) is 17.1 Å². The Hall–Kier alpha value is -2.29. The minimum absolute atomic E-state index is 0.119. The fourth-order valence-electron chi connectivity index (χ4n) is 1.27. The number of aromatic nitrogens is 3. The van der Waals surface area contributed by atoms with Crippen LogP contribution in [0.4, 0.5) is 5.95 Å². The van der Waals surface area contributed by atoms with Gasteiger partial charge in [-0.3, -0.25) is 9.36 Å². The fraction of sp³-hybridized carbons (Fsp3) is 0.125. The first-order valence-electron chi connectivity index (χ1n) is 3.89. The molecule has 2 aromatic heterocycles. The van der Waals surface area contributed by atoms with Gasteiger partial charge in [-0.2, -0.15) is 10.2 Å². The van der Waals surface area contributed by atoms with Crippen molar-refractivity contribution in [2.24, 2.45) is 7.05 Å². The molecule has 0 spiro atoms. The summed E-state index contributed by atoms with van der Waals surface area (Å²) in [5, 5.41) is 9.01. The molecule has 0 atom stereocenters. The zero-order valence-electron chi connectivity index (χ0n) is 7.40. The quantitative estimate of drug-likeness (QED) is 0.594. The Morgan fingerprint density at radius 2 is 2.43 bits per heavy atom. The number of H-pyrrole nitrogens is 1. The first-order valence-corrected chi connectivity index (χ1v) is 3.89. The minimum Gasteiger partial charge on any atom is -0.369 e. The van der Waals surface area contributed by atoms with E-state index in [-0.39, 0.29) is 22.5 Å². The molecule has 0 aliphatic carbocycles. The second kappa shape index (κ2) is 2.60. The van der Waals surface area contributed by atoms with Crippen LogP contribution in [0.1, 0.15) is 5.56 Å². The first-order chi connectivity index (χ1) is 6.65. The van der Waals surface area contributed by atoms with Crippen LogP contribution in [0.5, 0.6) is 0 Å². The molecule has 0 unspecified atom stereocenters. The molecule has 0 aliphatic rings. The highest BCUT2D eigenvalue weighted by molar-refractivity contribution is 5.82. The number of nitrogens with two attached hydrogens (primary N) is 1. The third-order valence-electron chi connectivity index (χ3n) is 2.07. The van der Waals surface area contributed by atoms with Gasteiger partial charge in [0.2, 0.25) is 5.95 Å². The molecular weight excluding hydrogens is 182 g/mol. The zero-order valence-corrected chi connectivity index (χ0v) is 7.40. The van der Waals surface area contributed by atoms with Crippen molar-refractivity contribution >= 4 is 17.0 Å². The highest BCUT2D eigenvalue weighted by Crippen LogP contribution is 2.11. The van der Waals surface area contributed by atoms with E-state index in [0.29, 0.717) is 5.65 Å². The van der Waals surface area contributed by atoms with Crippen LogP contribution in [0.3, 0.4) is 0 Å². The molecule has 2 rings (SSSR count). The topological polar surface area (TPSA) is 100 Å². The van der Waals surface area contributed by atoms with Crippen molar-refractivity contribution in [1.82, 2.24) is 14.5 Å². The van der Waals surface area contributed by atoms with E-state index in [1.807, 2.05) is 6.07 Å². The summed E-state index contributed by atoms with van der Waals surface area (Å²) in [7, 11) is 1.51. The lowest BCUT2D eigenvalue weighted by Gasteiger charge is -2.00. The summed E-state index contributed by atoms with van der Waals surface area (Å²) in [5.74, 6) is 0.119. The third-order valence-corrected chi connectivity index (χ3v) is 2.07. The Morgan fingerprint density at radius 1 is 1.71 bits per heavy atom. The van der Waals surface area contributed by atoms with E-state index >= 15 is 0 Å². The fourth-order valence-corrected chi connectivity index (χ4v) is 1.27. The average molecular weight is 189 g/mol. The number of nitrogens with one attached hydrogen (secondary N) is 1. The van der Waals surface area contributed by atoms with Crippen molar-refractivity contribution < 1.29 is 0 Å². The van der Waals surface area contributed by atoms with Gasteiger partial charge < -0.3 is 10.7 Å². The number of anilines is 1. The molecule has 14 heavy (non-hydrogen) atoms. The van der Waals surface area contributed by atoms with E-state index in [1.54, 1.807) is 0 Å². The maximum atomic E-state index is 11.7. The van der Waals surface area contributed by atoms with Gasteiger partial charge in [0.25, 0.3) is 5.56 Å². The summed E-state index contributed by atoms with van der Waals surface area (Å²) in [6, 6.07) is 1.91. The van der Waals surface area contributed by atoms with Gasteiger partial charge in [-0.1, -0.05) is 0 Å². The number of aromatic amines is 1. The largest absolute Gasteiger partial charge is 0.369 e. The number of fused-ring (bicyclic) bond motifs is 1. The summed E-state index contributed by atoms with van der Waals surface area (Å²) < 4.78 is 1.21. The standard InChI is InChI=1S/C8H7N5O/c1-13-7(14)5-4(2-9)3-11-6(5)12-8(13)10/h3,11H,1H3,(H2,10,12). The van der Waals surface area contributed by atoms with Gasteiger partial charge in [0, 0.05) is 13.2 Å². The van der Waals surface area contributed by atoms with E-state index in [2.05, 4.69) is 9.97 Å². The van der Waals surface area contributed by atoms with Crippen LogP contribution in [-0.2, 0) is 7.05 Å². The van der Waals surface area contributed by atoms with Crippen LogP contribution < -0.4 is 11.3 Å². The summed E-state index contributed by atoms with van der Waals surface area (Å²) in [6.07, 6.45) is 1.44. The van der Waals surface area contributed by atoms with Crippen LogP contribution in [0.25, 0.3) is 11.0 Å². The predicted octanol–water partition coefficient (Wildman–Crippen LogP) is -0.285. The third kappa shape index (κ3) is 0.894. The first kappa shape index (κ1) is 8.31. The lowest BCUT2D eigenvalue weighted by Crippen LogP contribution is -2.21. The SMILES string of the molecule is Cn1c(N)nc2[nH]cc(C#N)c2c1=O. The van der Waals surface area contributed by atoms with Crippen LogP contribution >= 0.6 is 0 Å². The number of rotatable bonds is 0. The maximum Gasteiger partial charge on any atom is 0.265 e. The van der Waals surface area contributed by atoms with Crippen molar-refractivity contribution in [3.63, 3.8) is 0 Å². The van der Waals surface area contributed by atoms with Crippen molar-refractivity contribution in [3.8, 4) is 6.07 Å². The Bertz CT molecular complexity index is 600. The summed E-state index contributed by atoms with van der Waals surface area (Å²) in [6.45, 7) is 0. The Kier molecular flexibility index (Phi) is 1.54. The lowest BCUT2D eigenvalue weighted by molar-refractivity contribution is 0.860. The molecule has 0 fully saturated rings. The average Bonchev–Trinajstić information content (AvgIpc) is 2.57. The predicted molar refractivity (Wildman–Crippen MR) is 50.5 cm³/mol. The Morgan fingerprint density at radius 3 is 3.07 bits per heavy atom. The van der Waals surface area contributed by atoms with Crippen LogP contribution in [-0.4, -0.2) is 14.5 Å². The molecule has 0 bridgehead atoms. The molecule has 0 saturated carbocycles. The zero-order chi connectivity index (χ0) is 10.3. The van der Waals surface area contributed by atoms with Crippen molar-refractivity contribution in [3.05, 3.63) is 22.1 Å². The van der Waals surface area contributed by atoms with E-state index in [1.165, 1.54) is 17.8 Å². The van der Waals surface area contributed by atoms with E-state index in [9.17, 15) is 4.79 Å². The second-order valence-corrected chi connectivity index (χ2v) is 2.87. The Labute approximate surface area is 78.6 Å². The van der Waals surface area contributed by atoms with E-state index < -0.39 is 0 Å². The molecule has 0 amide bonds. The van der Waals surface area contributed by atoms with E-state index in [0.717, 1.165) is 0 Å². The molecular formula is C8H7N5O. The van der Waals surface area contributed by atoms with Gasteiger partial charge in [-0.25, -0.2) is 0 Å². The molecule has 3 N–H and O–H groups in total. The smallest absolute Gasteiger partial charge is 0.265 e. The molecule has 2 heterocycles. The van der Waals surface area contributed by atoms with Gasteiger partial charge in [-0.15, -0.1) is 0 Å². The minimum atomic E-state index is -0.315. The summed E-state index contributed by atoms with van der Waals surface area (Å²) in [4.78, 5) is 18.3. The molecule has 0 aliphatic heterocycles. The van der Waals surface area contributed by atoms with Crippen molar-refractivity contribution in [2.45, 2.75) is 0 Å². The number of hydrogen-bond acceptors (Lipinski definition) is 4. The van der Waals surface area contributed by atoms with Gasteiger partial charge in [0.05, 0.1) is 5.56 Å². The number of nitriles is 1. The summed E-state index contributed by atoms with van der Waals surface area (Å²) >= 11 is 0. The van der Waals surface area contributed by atoms with E-state index in [4.69, 9.17) is 11.0 Å². The molecule has 70 valence electrons. The lowest BCUT2D eigenvalue weighted by atomic mass is 10.2.